The Morgan fingerprint density at radius 2 is 1.77 bits per heavy atom. The number of nitriles is 1. The van der Waals surface area contributed by atoms with E-state index in [4.69, 9.17) is 4.74 Å². The number of thiazole rings is 1. The van der Waals surface area contributed by atoms with E-state index in [1.165, 1.54) is 11.3 Å². The van der Waals surface area contributed by atoms with Crippen LogP contribution in [0.25, 0.3) is 21.3 Å². The van der Waals surface area contributed by atoms with E-state index in [1.54, 1.807) is 12.1 Å². The average Bonchev–Trinajstić information content (AvgIpc) is 3.67. The quantitative estimate of drug-likeness (QED) is 0.282. The molecule has 10 heteroatoms. The van der Waals surface area contributed by atoms with Gasteiger partial charge in [-0.3, -0.25) is 14.9 Å². The predicted octanol–water partition coefficient (Wildman–Crippen LogP) is 4.71. The van der Waals surface area contributed by atoms with Gasteiger partial charge in [-0.2, -0.15) is 5.26 Å². The summed E-state index contributed by atoms with van der Waals surface area (Å²) in [7, 11) is 0. The van der Waals surface area contributed by atoms with Crippen molar-refractivity contribution in [2.45, 2.75) is 31.4 Å². The van der Waals surface area contributed by atoms with E-state index < -0.39 is 17.9 Å². The maximum atomic E-state index is 12.6. The van der Waals surface area contributed by atoms with Gasteiger partial charge < -0.3 is 15.4 Å². The fourth-order valence-corrected chi connectivity index (χ4v) is 4.92. The van der Waals surface area contributed by atoms with Crippen LogP contribution in [0.1, 0.15) is 29.3 Å². The van der Waals surface area contributed by atoms with Gasteiger partial charge in [0, 0.05) is 11.7 Å². The van der Waals surface area contributed by atoms with Gasteiger partial charge in [0.25, 0.3) is 0 Å². The molecule has 1 heterocycles. The van der Waals surface area contributed by atoms with Crippen molar-refractivity contribution in [1.29, 1.82) is 5.26 Å². The monoisotopic (exact) mass is 539 g/mol. The van der Waals surface area contributed by atoms with Gasteiger partial charge in [-0.25, -0.2) is 9.78 Å². The third-order valence-corrected chi connectivity index (χ3v) is 7.17. The number of anilines is 1. The zero-order valence-corrected chi connectivity index (χ0v) is 21.7. The number of amides is 3. The minimum atomic E-state index is -1.11. The summed E-state index contributed by atoms with van der Waals surface area (Å²) in [6.07, 6.45) is 1.38. The molecule has 9 nitrogen and oxygen atoms in total. The van der Waals surface area contributed by atoms with Crippen LogP contribution in [-0.4, -0.2) is 35.5 Å². The number of fused-ring (bicyclic) bond motifs is 1. The number of aromatic nitrogens is 1. The van der Waals surface area contributed by atoms with E-state index in [1.807, 2.05) is 66.7 Å². The minimum absolute atomic E-state index is 0.168. The van der Waals surface area contributed by atoms with Crippen LogP contribution in [0, 0.1) is 11.3 Å². The first kappa shape index (κ1) is 25.9. The van der Waals surface area contributed by atoms with E-state index >= 15 is 0 Å². The highest BCUT2D eigenvalue weighted by atomic mass is 32.1. The lowest BCUT2D eigenvalue weighted by atomic mass is 10.1. The van der Waals surface area contributed by atoms with Gasteiger partial charge >= 0.3 is 6.09 Å². The highest BCUT2D eigenvalue weighted by molar-refractivity contribution is 7.18. The number of carbonyl (C=O) groups excluding carboxylic acids is 3. The molecule has 1 saturated carbocycles. The first-order valence-electron chi connectivity index (χ1n) is 12.4. The van der Waals surface area contributed by atoms with Gasteiger partial charge in [0.05, 0.1) is 22.8 Å². The summed E-state index contributed by atoms with van der Waals surface area (Å²) in [4.78, 5) is 41.1. The van der Waals surface area contributed by atoms with Crippen LogP contribution in [-0.2, 0) is 20.9 Å². The van der Waals surface area contributed by atoms with Crippen molar-refractivity contribution >= 4 is 45.1 Å². The van der Waals surface area contributed by atoms with Gasteiger partial charge in [0.1, 0.15) is 11.6 Å². The first-order valence-corrected chi connectivity index (χ1v) is 13.3. The molecule has 0 aliphatic heterocycles. The number of benzene rings is 3. The SMILES string of the molecule is N#CC(C(=O)NCC(=O)NC1CC1)c1nc2ccc(-c3ccc(NC(=O)OCc4ccccc4)cc3)cc2s1. The minimum Gasteiger partial charge on any atom is -0.444 e. The molecule has 1 aromatic heterocycles. The van der Waals surface area contributed by atoms with Crippen LogP contribution < -0.4 is 16.0 Å². The summed E-state index contributed by atoms with van der Waals surface area (Å²) >= 11 is 1.27. The maximum absolute atomic E-state index is 12.6. The second kappa shape index (κ2) is 11.8. The van der Waals surface area contributed by atoms with Crippen molar-refractivity contribution in [2.24, 2.45) is 0 Å². The molecule has 3 N–H and O–H groups in total. The molecule has 1 aliphatic rings. The van der Waals surface area contributed by atoms with Crippen LogP contribution in [0.3, 0.4) is 0 Å². The summed E-state index contributed by atoms with van der Waals surface area (Å²) < 4.78 is 6.09. The van der Waals surface area contributed by atoms with Crippen LogP contribution in [0.15, 0.2) is 72.8 Å². The molecule has 4 aromatic rings. The highest BCUT2D eigenvalue weighted by Gasteiger charge is 2.26. The topological polar surface area (TPSA) is 133 Å². The summed E-state index contributed by atoms with van der Waals surface area (Å²) in [5.74, 6) is -1.92. The van der Waals surface area contributed by atoms with E-state index in [9.17, 15) is 19.6 Å². The Labute approximate surface area is 228 Å². The fraction of sp³-hybridized carbons (Fsp3) is 0.207. The molecule has 1 aliphatic carbocycles. The fourth-order valence-electron chi connectivity index (χ4n) is 3.87. The van der Waals surface area contributed by atoms with Crippen molar-refractivity contribution in [1.82, 2.24) is 15.6 Å². The third-order valence-electron chi connectivity index (χ3n) is 6.09. The number of nitrogens with zero attached hydrogens (tertiary/aromatic N) is 2. The largest absolute Gasteiger partial charge is 0.444 e. The van der Waals surface area contributed by atoms with Crippen molar-refractivity contribution in [3.63, 3.8) is 0 Å². The van der Waals surface area contributed by atoms with E-state index in [-0.39, 0.29) is 25.1 Å². The number of hydrogen-bond donors (Lipinski definition) is 3. The normalized spacial score (nSPS) is 13.2. The number of carbonyl (C=O) groups is 3. The molecule has 0 bridgehead atoms. The van der Waals surface area contributed by atoms with E-state index in [2.05, 4.69) is 20.9 Å². The number of ether oxygens (including phenoxy) is 1. The van der Waals surface area contributed by atoms with E-state index in [0.29, 0.717) is 16.2 Å². The summed E-state index contributed by atoms with van der Waals surface area (Å²) in [6.45, 7) is 0.0177. The molecule has 3 aromatic carbocycles. The van der Waals surface area contributed by atoms with Crippen molar-refractivity contribution in [3.05, 3.63) is 83.4 Å². The lowest BCUT2D eigenvalue weighted by Gasteiger charge is -2.08. The zero-order valence-electron chi connectivity index (χ0n) is 20.8. The second-order valence-electron chi connectivity index (χ2n) is 9.12. The Bertz CT molecular complexity index is 1540. The molecule has 0 spiro atoms. The van der Waals surface area contributed by atoms with Crippen LogP contribution >= 0.6 is 11.3 Å². The lowest BCUT2D eigenvalue weighted by molar-refractivity contribution is -0.126. The standard InChI is InChI=1S/C29H25N5O4S/c30-15-23(27(36)31-16-26(35)32-21-11-12-21)28-34-24-13-8-20(14-25(24)39-28)19-6-9-22(10-7-19)33-29(37)38-17-18-4-2-1-3-5-18/h1-10,13-14,21,23H,11-12,16-17H2,(H,31,36)(H,32,35)(H,33,37). The first-order chi connectivity index (χ1) is 19.0. The van der Waals surface area contributed by atoms with Crippen LogP contribution in [0.4, 0.5) is 10.5 Å². The molecule has 1 fully saturated rings. The highest BCUT2D eigenvalue weighted by Crippen LogP contribution is 2.32. The van der Waals surface area contributed by atoms with Crippen molar-refractivity contribution in [3.8, 4) is 17.2 Å². The molecule has 3 amide bonds. The third kappa shape index (κ3) is 6.77. The van der Waals surface area contributed by atoms with Crippen LogP contribution in [0.5, 0.6) is 0 Å². The number of rotatable bonds is 9. The summed E-state index contributed by atoms with van der Waals surface area (Å²) in [5, 5.41) is 18.1. The lowest BCUT2D eigenvalue weighted by Crippen LogP contribution is -2.39. The Hall–Kier alpha value is -4.75. The Morgan fingerprint density at radius 1 is 1.03 bits per heavy atom. The van der Waals surface area contributed by atoms with Gasteiger partial charge in [-0.05, 0) is 53.8 Å². The molecule has 1 unspecified atom stereocenters. The van der Waals surface area contributed by atoms with Crippen molar-refractivity contribution < 1.29 is 19.1 Å². The van der Waals surface area contributed by atoms with Gasteiger partial charge in [0.15, 0.2) is 5.92 Å². The molecule has 5 rings (SSSR count). The van der Waals surface area contributed by atoms with Gasteiger partial charge in [-0.15, -0.1) is 11.3 Å². The zero-order chi connectivity index (χ0) is 27.2. The average molecular weight is 540 g/mol. The van der Waals surface area contributed by atoms with Crippen LogP contribution in [0.2, 0.25) is 0 Å². The predicted molar refractivity (Wildman–Crippen MR) is 148 cm³/mol. The Kier molecular flexibility index (Phi) is 7.80. The molecular formula is C29H25N5O4S. The van der Waals surface area contributed by atoms with Gasteiger partial charge in [-0.1, -0.05) is 48.5 Å². The summed E-state index contributed by atoms with van der Waals surface area (Å²) in [6, 6.07) is 24.7. The van der Waals surface area contributed by atoms with E-state index in [0.717, 1.165) is 34.2 Å². The molecule has 0 radical (unpaired) electrons. The smallest absolute Gasteiger partial charge is 0.411 e. The molecule has 1 atom stereocenters. The summed E-state index contributed by atoms with van der Waals surface area (Å²) in [5.41, 5.74) is 4.03. The Balaban J connectivity index is 1.21. The van der Waals surface area contributed by atoms with Crippen molar-refractivity contribution in [2.75, 3.05) is 11.9 Å². The maximum Gasteiger partial charge on any atom is 0.411 e. The molecule has 0 saturated heterocycles. The molecular weight excluding hydrogens is 514 g/mol. The van der Waals surface area contributed by atoms with Gasteiger partial charge in [0.2, 0.25) is 11.8 Å². The Morgan fingerprint density at radius 3 is 2.49 bits per heavy atom. The molecule has 196 valence electrons. The molecule has 39 heavy (non-hydrogen) atoms. The number of nitrogens with one attached hydrogen (secondary N) is 3. The second-order valence-corrected chi connectivity index (χ2v) is 10.2. The number of hydrogen-bond acceptors (Lipinski definition) is 7.